The smallest absolute Gasteiger partial charge is 0.272 e. The van der Waals surface area contributed by atoms with Gasteiger partial charge in [0.25, 0.3) is 5.91 Å². The first-order chi connectivity index (χ1) is 13.1. The van der Waals surface area contributed by atoms with Gasteiger partial charge in [-0.15, -0.1) is 0 Å². The molecule has 1 aromatic heterocycles. The van der Waals surface area contributed by atoms with Crippen LogP contribution in [0.1, 0.15) is 23.8 Å². The molecule has 1 amide bonds. The molecule has 0 aliphatic rings. The summed E-state index contributed by atoms with van der Waals surface area (Å²) >= 11 is 5.92. The molecule has 0 aliphatic heterocycles. The van der Waals surface area contributed by atoms with Crippen LogP contribution in [0.15, 0.2) is 54.7 Å². The lowest BCUT2D eigenvalue weighted by Crippen LogP contribution is -2.12. The topological polar surface area (TPSA) is 63.3 Å². The number of hydrogen-bond donors (Lipinski definition) is 2. The van der Waals surface area contributed by atoms with Gasteiger partial charge in [-0.3, -0.25) is 4.79 Å². The second-order valence-corrected chi connectivity index (χ2v) is 6.41. The molecule has 0 spiro atoms. The Morgan fingerprint density at radius 3 is 2.56 bits per heavy atom. The number of rotatable bonds is 7. The van der Waals surface area contributed by atoms with E-state index in [-0.39, 0.29) is 5.91 Å². The molecular formula is C21H21ClN2O3. The first-order valence-electron chi connectivity index (χ1n) is 8.67. The second-order valence-electron chi connectivity index (χ2n) is 5.98. The summed E-state index contributed by atoms with van der Waals surface area (Å²) < 4.78 is 11.0. The van der Waals surface area contributed by atoms with Crippen LogP contribution in [0.25, 0.3) is 11.1 Å². The number of aromatic nitrogens is 1. The summed E-state index contributed by atoms with van der Waals surface area (Å²) in [7, 11) is 1.57. The largest absolute Gasteiger partial charge is 0.493 e. The van der Waals surface area contributed by atoms with E-state index in [0.717, 1.165) is 17.5 Å². The first-order valence-corrected chi connectivity index (χ1v) is 9.05. The zero-order valence-corrected chi connectivity index (χ0v) is 16.0. The quantitative estimate of drug-likeness (QED) is 0.574. The van der Waals surface area contributed by atoms with Crippen LogP contribution in [0.3, 0.4) is 0 Å². The van der Waals surface area contributed by atoms with E-state index in [1.165, 1.54) is 0 Å². The zero-order chi connectivity index (χ0) is 19.2. The van der Waals surface area contributed by atoms with Gasteiger partial charge in [0.1, 0.15) is 5.69 Å². The number of anilines is 1. The van der Waals surface area contributed by atoms with Gasteiger partial charge in [0.05, 0.1) is 13.7 Å². The number of carbonyl (C=O) groups excluding carboxylic acids is 1. The minimum atomic E-state index is -0.237. The maximum atomic E-state index is 12.5. The second kappa shape index (κ2) is 8.64. The molecule has 0 saturated carbocycles. The Morgan fingerprint density at radius 2 is 1.85 bits per heavy atom. The molecule has 0 saturated heterocycles. The molecule has 3 aromatic rings. The van der Waals surface area contributed by atoms with Gasteiger partial charge in [-0.2, -0.15) is 0 Å². The van der Waals surface area contributed by atoms with Crippen LogP contribution in [0, 0.1) is 0 Å². The van der Waals surface area contributed by atoms with Crippen molar-refractivity contribution < 1.29 is 14.3 Å². The standard InChI is InChI=1S/C21H21ClN2O3/c1-3-10-27-19-9-8-17(12-20(19)26-2)24-21(25)18-11-15(13-23-18)14-4-6-16(22)7-5-14/h4-9,11-13,23H,3,10H2,1-2H3,(H,24,25). The highest BCUT2D eigenvalue weighted by Crippen LogP contribution is 2.30. The van der Waals surface area contributed by atoms with Crippen molar-refractivity contribution >= 4 is 23.2 Å². The van der Waals surface area contributed by atoms with Crippen LogP contribution in [0.4, 0.5) is 5.69 Å². The number of benzene rings is 2. The van der Waals surface area contributed by atoms with Gasteiger partial charge in [0, 0.05) is 23.0 Å². The molecule has 0 fully saturated rings. The third-order valence-electron chi connectivity index (χ3n) is 3.99. The molecule has 6 heteroatoms. The highest BCUT2D eigenvalue weighted by molar-refractivity contribution is 6.30. The van der Waals surface area contributed by atoms with Gasteiger partial charge in [0.2, 0.25) is 0 Å². The number of nitrogens with one attached hydrogen (secondary N) is 2. The van der Waals surface area contributed by atoms with E-state index in [1.807, 2.05) is 31.2 Å². The van der Waals surface area contributed by atoms with Crippen molar-refractivity contribution in [2.24, 2.45) is 0 Å². The van der Waals surface area contributed by atoms with Crippen molar-refractivity contribution in [3.8, 4) is 22.6 Å². The molecule has 27 heavy (non-hydrogen) atoms. The molecular weight excluding hydrogens is 364 g/mol. The number of methoxy groups -OCH3 is 1. The maximum absolute atomic E-state index is 12.5. The highest BCUT2D eigenvalue weighted by Gasteiger charge is 2.12. The summed E-state index contributed by atoms with van der Waals surface area (Å²) in [5, 5.41) is 3.54. The summed E-state index contributed by atoms with van der Waals surface area (Å²) in [6.45, 7) is 2.65. The van der Waals surface area contributed by atoms with Crippen molar-refractivity contribution in [3.05, 3.63) is 65.4 Å². The van der Waals surface area contributed by atoms with Crippen LogP contribution < -0.4 is 14.8 Å². The molecule has 0 atom stereocenters. The molecule has 0 bridgehead atoms. The zero-order valence-electron chi connectivity index (χ0n) is 15.2. The lowest BCUT2D eigenvalue weighted by molar-refractivity contribution is 0.102. The minimum absolute atomic E-state index is 0.237. The Morgan fingerprint density at radius 1 is 1.07 bits per heavy atom. The summed E-state index contributed by atoms with van der Waals surface area (Å²) in [6.07, 6.45) is 2.70. The van der Waals surface area contributed by atoms with E-state index in [9.17, 15) is 4.79 Å². The van der Waals surface area contributed by atoms with Crippen molar-refractivity contribution in [1.29, 1.82) is 0 Å². The van der Waals surface area contributed by atoms with Crippen molar-refractivity contribution in [2.45, 2.75) is 13.3 Å². The third kappa shape index (κ3) is 4.63. The number of halogens is 1. The number of hydrogen-bond acceptors (Lipinski definition) is 3. The van der Waals surface area contributed by atoms with Gasteiger partial charge >= 0.3 is 0 Å². The molecule has 140 valence electrons. The number of carbonyl (C=O) groups is 1. The van der Waals surface area contributed by atoms with Crippen LogP contribution in [0.5, 0.6) is 11.5 Å². The lowest BCUT2D eigenvalue weighted by atomic mass is 10.1. The molecule has 3 rings (SSSR count). The average molecular weight is 385 g/mol. The molecule has 0 unspecified atom stereocenters. The summed E-state index contributed by atoms with van der Waals surface area (Å²) in [5.74, 6) is 0.997. The van der Waals surface area contributed by atoms with E-state index in [1.54, 1.807) is 37.6 Å². The maximum Gasteiger partial charge on any atom is 0.272 e. The van der Waals surface area contributed by atoms with Crippen LogP contribution in [-0.2, 0) is 0 Å². The van der Waals surface area contributed by atoms with Gasteiger partial charge in [-0.25, -0.2) is 0 Å². The van der Waals surface area contributed by atoms with E-state index in [0.29, 0.717) is 34.5 Å². The SMILES string of the molecule is CCCOc1ccc(NC(=O)c2cc(-c3ccc(Cl)cc3)c[nH]2)cc1OC. The molecule has 1 heterocycles. The fourth-order valence-electron chi connectivity index (χ4n) is 2.61. The van der Waals surface area contributed by atoms with E-state index in [4.69, 9.17) is 21.1 Å². The lowest BCUT2D eigenvalue weighted by Gasteiger charge is -2.12. The van der Waals surface area contributed by atoms with Crippen molar-refractivity contribution in [3.63, 3.8) is 0 Å². The summed E-state index contributed by atoms with van der Waals surface area (Å²) in [4.78, 5) is 15.5. The Labute approximate surface area is 163 Å². The third-order valence-corrected chi connectivity index (χ3v) is 4.24. The molecule has 5 nitrogen and oxygen atoms in total. The van der Waals surface area contributed by atoms with Crippen molar-refractivity contribution in [2.75, 3.05) is 19.0 Å². The Hall–Kier alpha value is -2.92. The van der Waals surface area contributed by atoms with Crippen molar-refractivity contribution in [1.82, 2.24) is 4.98 Å². The fraction of sp³-hybridized carbons (Fsp3) is 0.190. The number of H-pyrrole nitrogens is 1. The number of aromatic amines is 1. The van der Waals surface area contributed by atoms with Gasteiger partial charge < -0.3 is 19.8 Å². The van der Waals surface area contributed by atoms with E-state index in [2.05, 4.69) is 10.3 Å². The van der Waals surface area contributed by atoms with Crippen LogP contribution >= 0.6 is 11.6 Å². The predicted octanol–water partition coefficient (Wildman–Crippen LogP) is 5.38. The molecule has 2 N–H and O–H groups in total. The summed E-state index contributed by atoms with van der Waals surface area (Å²) in [6, 6.07) is 14.6. The highest BCUT2D eigenvalue weighted by atomic mass is 35.5. The van der Waals surface area contributed by atoms with Gasteiger partial charge in [-0.05, 0) is 47.9 Å². The van der Waals surface area contributed by atoms with E-state index >= 15 is 0 Å². The molecule has 0 radical (unpaired) electrons. The Kier molecular flexibility index (Phi) is 6.04. The van der Waals surface area contributed by atoms with Crippen LogP contribution in [0.2, 0.25) is 5.02 Å². The van der Waals surface area contributed by atoms with Gasteiger partial charge in [-0.1, -0.05) is 30.7 Å². The van der Waals surface area contributed by atoms with Crippen LogP contribution in [-0.4, -0.2) is 24.6 Å². The van der Waals surface area contributed by atoms with Gasteiger partial charge in [0.15, 0.2) is 11.5 Å². The molecule has 0 aliphatic carbocycles. The minimum Gasteiger partial charge on any atom is -0.493 e. The fourth-order valence-corrected chi connectivity index (χ4v) is 2.74. The Balaban J connectivity index is 1.73. The normalized spacial score (nSPS) is 10.5. The first kappa shape index (κ1) is 18.9. The molecule has 2 aromatic carbocycles. The number of ether oxygens (including phenoxy) is 2. The number of amides is 1. The average Bonchev–Trinajstić information content (AvgIpc) is 3.17. The predicted molar refractivity (Wildman–Crippen MR) is 108 cm³/mol. The monoisotopic (exact) mass is 384 g/mol. The Bertz CT molecular complexity index is 919. The van der Waals surface area contributed by atoms with E-state index < -0.39 is 0 Å². The summed E-state index contributed by atoms with van der Waals surface area (Å²) in [5.41, 5.74) is 2.99.